The second-order valence-corrected chi connectivity index (χ2v) is 3.51. The fraction of sp³-hybridized carbons (Fsp3) is 1.00. The maximum atomic E-state index is 4.12. The van der Waals surface area contributed by atoms with Gasteiger partial charge in [0.1, 0.15) is 0 Å². The summed E-state index contributed by atoms with van der Waals surface area (Å²) in [5.74, 6) is 0. The molecule has 0 saturated heterocycles. The summed E-state index contributed by atoms with van der Waals surface area (Å²) in [6, 6.07) is 0. The molecule has 0 aliphatic heterocycles. The molecule has 0 aromatic heterocycles. The summed E-state index contributed by atoms with van der Waals surface area (Å²) in [6.07, 6.45) is 0. The largest absolute Gasteiger partial charge is 0.813 e. The van der Waals surface area contributed by atoms with E-state index in [0.29, 0.717) is 0 Å². The first-order valence-corrected chi connectivity index (χ1v) is 2.17. The minimum absolute atomic E-state index is 0. The summed E-state index contributed by atoms with van der Waals surface area (Å²) in [4.78, 5) is 0. The molecule has 0 rings (SSSR count). The van der Waals surface area contributed by atoms with E-state index >= 15 is 0 Å². The van der Waals surface area contributed by atoms with Crippen LogP contribution in [0.15, 0.2) is 0 Å². The molecular formula is C4H11S2-. The number of thiol groups is 2. The van der Waals surface area contributed by atoms with Crippen LogP contribution in [-0.2, 0) is 13.5 Å². The van der Waals surface area contributed by atoms with E-state index in [1.165, 1.54) is 0 Å². The highest BCUT2D eigenvalue weighted by molar-refractivity contribution is 7.81. The Labute approximate surface area is 52.2 Å². The molecule has 0 bridgehead atoms. The summed E-state index contributed by atoms with van der Waals surface area (Å²) in [5.41, 5.74) is 0. The second kappa shape index (κ2) is 2.80. The molecule has 0 spiro atoms. The van der Waals surface area contributed by atoms with Crippen molar-refractivity contribution in [3.05, 3.63) is 0 Å². The molecule has 0 saturated carbocycles. The van der Waals surface area contributed by atoms with Crippen molar-refractivity contribution in [2.24, 2.45) is 0 Å². The highest BCUT2D eigenvalue weighted by Crippen LogP contribution is 2.07. The van der Waals surface area contributed by atoms with Crippen molar-refractivity contribution >= 4 is 26.1 Å². The predicted octanol–water partition coefficient (Wildman–Crippen LogP) is 1.44. The van der Waals surface area contributed by atoms with Gasteiger partial charge in [-0.2, -0.15) is 12.6 Å². The molecule has 0 aromatic carbocycles. The Bertz CT molecular complexity index is 21.0. The third-order valence-corrected chi connectivity index (χ3v) is 0. The van der Waals surface area contributed by atoms with E-state index in [4.69, 9.17) is 0 Å². The van der Waals surface area contributed by atoms with Crippen molar-refractivity contribution in [1.29, 1.82) is 0 Å². The minimum Gasteiger partial charge on any atom is -0.813 e. The Kier molecular flexibility index (Phi) is 4.61. The van der Waals surface area contributed by atoms with Crippen LogP contribution < -0.4 is 0 Å². The zero-order chi connectivity index (χ0) is 4.50. The maximum absolute atomic E-state index is 4.12. The van der Waals surface area contributed by atoms with Gasteiger partial charge in [0.25, 0.3) is 0 Å². The lowest BCUT2D eigenvalue weighted by Crippen LogP contribution is -1.99. The van der Waals surface area contributed by atoms with Crippen molar-refractivity contribution in [2.45, 2.75) is 25.5 Å². The number of hydrogen-bond donors (Lipinski definition) is 1. The van der Waals surface area contributed by atoms with E-state index in [0.717, 1.165) is 0 Å². The lowest BCUT2D eigenvalue weighted by Gasteiger charge is -2.04. The van der Waals surface area contributed by atoms with Crippen LogP contribution >= 0.6 is 12.6 Å². The molecule has 0 atom stereocenters. The van der Waals surface area contributed by atoms with Crippen LogP contribution in [0.4, 0.5) is 0 Å². The van der Waals surface area contributed by atoms with Gasteiger partial charge in [0, 0.05) is 4.75 Å². The SMILES string of the molecule is CC(C)(C)S.[SH-]. The summed E-state index contributed by atoms with van der Waals surface area (Å²) in [5, 5.41) is 0. The van der Waals surface area contributed by atoms with Crippen LogP contribution in [0.2, 0.25) is 0 Å². The Morgan fingerprint density at radius 2 is 1.17 bits per heavy atom. The van der Waals surface area contributed by atoms with Crippen molar-refractivity contribution in [1.82, 2.24) is 0 Å². The molecule has 0 heterocycles. The molecule has 0 unspecified atom stereocenters. The van der Waals surface area contributed by atoms with Gasteiger partial charge in [-0.25, -0.2) is 0 Å². The quantitative estimate of drug-likeness (QED) is 0.376. The standard InChI is InChI=1S/C4H10S.H2S/c1-4(2,3)5;/h5H,1-3H3;1H2/p-1. The van der Waals surface area contributed by atoms with Crippen molar-refractivity contribution in [3.63, 3.8) is 0 Å². The maximum Gasteiger partial charge on any atom is 0.00449 e. The van der Waals surface area contributed by atoms with Crippen molar-refractivity contribution < 1.29 is 0 Å². The monoisotopic (exact) mass is 123 g/mol. The Morgan fingerprint density at radius 3 is 1.17 bits per heavy atom. The third-order valence-electron chi connectivity index (χ3n) is 0. The first-order chi connectivity index (χ1) is 2.00. The van der Waals surface area contributed by atoms with E-state index < -0.39 is 0 Å². The van der Waals surface area contributed by atoms with Crippen molar-refractivity contribution in [2.75, 3.05) is 0 Å². The fourth-order valence-corrected chi connectivity index (χ4v) is 0. The van der Waals surface area contributed by atoms with E-state index in [9.17, 15) is 0 Å². The van der Waals surface area contributed by atoms with Crippen molar-refractivity contribution in [3.8, 4) is 0 Å². The molecule has 6 heavy (non-hydrogen) atoms. The van der Waals surface area contributed by atoms with Gasteiger partial charge in [0.15, 0.2) is 0 Å². The Hall–Kier alpha value is 0.700. The number of rotatable bonds is 0. The molecule has 0 radical (unpaired) electrons. The van der Waals surface area contributed by atoms with Gasteiger partial charge >= 0.3 is 0 Å². The van der Waals surface area contributed by atoms with Gasteiger partial charge in [-0.3, -0.25) is 0 Å². The van der Waals surface area contributed by atoms with E-state index in [2.05, 4.69) is 33.4 Å². The molecule has 0 aliphatic rings. The van der Waals surface area contributed by atoms with Crippen LogP contribution in [0.1, 0.15) is 20.8 Å². The molecule has 0 amide bonds. The van der Waals surface area contributed by atoms with Crippen LogP contribution in [-0.4, -0.2) is 4.75 Å². The first kappa shape index (κ1) is 9.85. The molecule has 0 aliphatic carbocycles. The zero-order valence-electron chi connectivity index (χ0n) is 4.39. The fourth-order valence-electron chi connectivity index (χ4n) is 0. The van der Waals surface area contributed by atoms with Gasteiger partial charge in [-0.1, -0.05) is 20.8 Å². The van der Waals surface area contributed by atoms with Crippen LogP contribution in [0.3, 0.4) is 0 Å². The smallest absolute Gasteiger partial charge is 0.00449 e. The summed E-state index contributed by atoms with van der Waals surface area (Å²) in [7, 11) is 0. The van der Waals surface area contributed by atoms with Gasteiger partial charge in [-0.15, -0.1) is 0 Å². The third kappa shape index (κ3) is 131. The minimum atomic E-state index is 0. The lowest BCUT2D eigenvalue weighted by atomic mass is 10.3. The van der Waals surface area contributed by atoms with E-state index in [1.807, 2.05) is 0 Å². The first-order valence-electron chi connectivity index (χ1n) is 1.72. The Morgan fingerprint density at radius 1 is 1.17 bits per heavy atom. The zero-order valence-corrected chi connectivity index (χ0v) is 6.18. The summed E-state index contributed by atoms with van der Waals surface area (Å²) < 4.78 is 0.194. The topological polar surface area (TPSA) is 0 Å². The summed E-state index contributed by atoms with van der Waals surface area (Å²) in [6.45, 7) is 6.16. The Balaban J connectivity index is 0. The molecule has 0 nitrogen and oxygen atoms in total. The molecular weight excluding hydrogens is 112 g/mol. The average molecular weight is 123 g/mol. The van der Waals surface area contributed by atoms with Gasteiger partial charge in [0.05, 0.1) is 0 Å². The van der Waals surface area contributed by atoms with Gasteiger partial charge < -0.3 is 13.5 Å². The van der Waals surface area contributed by atoms with E-state index in [-0.39, 0.29) is 18.2 Å². The highest BCUT2D eigenvalue weighted by Gasteiger charge is 1.96. The summed E-state index contributed by atoms with van der Waals surface area (Å²) >= 11 is 4.12. The van der Waals surface area contributed by atoms with E-state index in [1.54, 1.807) is 0 Å². The highest BCUT2D eigenvalue weighted by atomic mass is 32.1. The van der Waals surface area contributed by atoms with Gasteiger partial charge in [0.2, 0.25) is 0 Å². The second-order valence-electron chi connectivity index (χ2n) is 2.17. The van der Waals surface area contributed by atoms with Crippen LogP contribution in [0, 0.1) is 0 Å². The van der Waals surface area contributed by atoms with Gasteiger partial charge in [-0.05, 0) is 0 Å². The predicted molar refractivity (Wildman–Crippen MR) is 37.5 cm³/mol. The molecule has 0 fully saturated rings. The average Bonchev–Trinajstić information content (AvgIpc) is 0.722. The van der Waals surface area contributed by atoms with Crippen LogP contribution in [0.25, 0.3) is 0 Å². The molecule has 40 valence electrons. The molecule has 0 aromatic rings. The number of hydrogen-bond acceptors (Lipinski definition) is 2. The van der Waals surface area contributed by atoms with Crippen LogP contribution in [0.5, 0.6) is 0 Å². The normalized spacial score (nSPS) is 10.0. The molecule has 2 heteroatoms. The molecule has 0 N–H and O–H groups in total. The lowest BCUT2D eigenvalue weighted by molar-refractivity contribution is 0.812.